The van der Waals surface area contributed by atoms with E-state index in [1.165, 1.54) is 48.3 Å². The first-order valence-corrected chi connectivity index (χ1v) is 17.9. The Balaban J connectivity index is 1.13. The highest BCUT2D eigenvalue weighted by molar-refractivity contribution is 7.99. The number of para-hydroxylation sites is 3. The van der Waals surface area contributed by atoms with Crippen LogP contribution in [0, 0.1) is 0 Å². The maximum Gasteiger partial charge on any atom is 0.164 e. The zero-order valence-corrected chi connectivity index (χ0v) is 28.0. The van der Waals surface area contributed by atoms with Gasteiger partial charge in [0.2, 0.25) is 0 Å². The number of hydrogen-bond acceptors (Lipinski definition) is 4. The third-order valence-corrected chi connectivity index (χ3v) is 11.1. The molecule has 0 spiro atoms. The largest absolute Gasteiger partial charge is 0.295 e. The summed E-state index contributed by atoms with van der Waals surface area (Å²) >= 11 is 1.85. The molecule has 238 valence electrons. The molecule has 4 heterocycles. The van der Waals surface area contributed by atoms with E-state index in [1.54, 1.807) is 0 Å². The molecule has 0 unspecified atom stereocenters. The lowest BCUT2D eigenvalue weighted by molar-refractivity contribution is 1.03. The van der Waals surface area contributed by atoms with Crippen LogP contribution in [0.1, 0.15) is 0 Å². The first kappa shape index (κ1) is 28.3. The Morgan fingerprint density at radius 2 is 1.06 bits per heavy atom. The molecule has 0 saturated heterocycles. The van der Waals surface area contributed by atoms with Crippen LogP contribution in [0.2, 0.25) is 0 Å². The van der Waals surface area contributed by atoms with E-state index in [1.807, 2.05) is 42.1 Å². The van der Waals surface area contributed by atoms with E-state index in [2.05, 4.69) is 143 Å². The predicted molar refractivity (Wildman–Crippen MR) is 209 cm³/mol. The minimum atomic E-state index is 0.639. The van der Waals surface area contributed by atoms with Gasteiger partial charge in [-0.3, -0.25) is 9.13 Å². The molecule has 51 heavy (non-hydrogen) atoms. The fraction of sp³-hybridized carbons (Fsp3) is 0. The molecule has 10 aromatic rings. The fourth-order valence-corrected chi connectivity index (χ4v) is 8.80. The van der Waals surface area contributed by atoms with Crippen molar-refractivity contribution >= 4 is 55.4 Å². The Bertz CT molecular complexity index is 2990. The van der Waals surface area contributed by atoms with Crippen LogP contribution in [0.5, 0.6) is 0 Å². The normalized spacial score (nSPS) is 12.2. The van der Waals surface area contributed by atoms with Gasteiger partial charge in [0, 0.05) is 48.3 Å². The second-order valence-corrected chi connectivity index (χ2v) is 13.9. The minimum absolute atomic E-state index is 0.639. The molecule has 0 bridgehead atoms. The van der Waals surface area contributed by atoms with Gasteiger partial charge in [0.25, 0.3) is 0 Å². The second kappa shape index (κ2) is 11.0. The van der Waals surface area contributed by atoms with Crippen molar-refractivity contribution in [3.05, 3.63) is 164 Å². The quantitative estimate of drug-likeness (QED) is 0.187. The molecular formula is C45H27N5S. The summed E-state index contributed by atoms with van der Waals surface area (Å²) in [5, 5.41) is 6.05. The smallest absolute Gasteiger partial charge is 0.164 e. The van der Waals surface area contributed by atoms with Crippen molar-refractivity contribution in [1.82, 2.24) is 24.1 Å². The van der Waals surface area contributed by atoms with Crippen molar-refractivity contribution in [3.63, 3.8) is 0 Å². The Labute approximate surface area is 297 Å². The molecule has 0 amide bonds. The number of aromatic nitrogens is 5. The summed E-state index contributed by atoms with van der Waals surface area (Å²) in [5.41, 5.74) is 8.76. The third-order valence-electron chi connectivity index (χ3n) is 9.96. The molecule has 1 aliphatic heterocycles. The average molecular weight is 670 g/mol. The highest BCUT2D eigenvalue weighted by atomic mass is 32.2. The molecule has 5 nitrogen and oxygen atoms in total. The molecule has 1 aliphatic rings. The van der Waals surface area contributed by atoms with Crippen molar-refractivity contribution in [2.24, 2.45) is 0 Å². The van der Waals surface area contributed by atoms with E-state index in [-0.39, 0.29) is 0 Å². The van der Waals surface area contributed by atoms with Gasteiger partial charge in [-0.15, -0.1) is 0 Å². The first-order valence-electron chi connectivity index (χ1n) is 17.0. The molecule has 0 radical (unpaired) electrons. The van der Waals surface area contributed by atoms with Crippen LogP contribution in [0.4, 0.5) is 0 Å². The van der Waals surface area contributed by atoms with Gasteiger partial charge < -0.3 is 0 Å². The maximum atomic E-state index is 5.10. The van der Waals surface area contributed by atoms with Gasteiger partial charge in [-0.05, 0) is 59.3 Å². The number of hydrogen-bond donors (Lipinski definition) is 0. The van der Waals surface area contributed by atoms with Crippen LogP contribution in [0.3, 0.4) is 0 Å². The molecule has 6 heteroatoms. The highest BCUT2D eigenvalue weighted by Gasteiger charge is 2.27. The van der Waals surface area contributed by atoms with Crippen molar-refractivity contribution < 1.29 is 0 Å². The summed E-state index contributed by atoms with van der Waals surface area (Å²) in [7, 11) is 0. The molecule has 3 aromatic heterocycles. The van der Waals surface area contributed by atoms with E-state index in [0.717, 1.165) is 33.2 Å². The van der Waals surface area contributed by atoms with Crippen molar-refractivity contribution in [1.29, 1.82) is 0 Å². The Morgan fingerprint density at radius 3 is 1.92 bits per heavy atom. The zero-order valence-electron chi connectivity index (χ0n) is 27.2. The number of rotatable bonds is 4. The summed E-state index contributed by atoms with van der Waals surface area (Å²) < 4.78 is 4.88. The summed E-state index contributed by atoms with van der Waals surface area (Å²) in [5.74, 6) is 1.95. The highest BCUT2D eigenvalue weighted by Crippen LogP contribution is 2.49. The number of benzene rings is 7. The van der Waals surface area contributed by atoms with E-state index in [9.17, 15) is 0 Å². The van der Waals surface area contributed by atoms with E-state index in [4.69, 9.17) is 15.0 Å². The fourth-order valence-electron chi connectivity index (χ4n) is 7.71. The summed E-state index contributed by atoms with van der Waals surface area (Å²) in [6.45, 7) is 0. The Morgan fingerprint density at radius 1 is 0.431 bits per heavy atom. The Kier molecular flexibility index (Phi) is 6.12. The SMILES string of the molecule is c1ccc(-c2nc(-c3ccc(-n4c5ccccc5c5c6cccc7c6n(c54)-c4ccccc4S7)cc3)nc(-c3cccc4ccccc34)n2)cc1. The predicted octanol–water partition coefficient (Wildman–Crippen LogP) is 11.5. The van der Waals surface area contributed by atoms with Crippen LogP contribution in [0.15, 0.2) is 174 Å². The lowest BCUT2D eigenvalue weighted by atomic mass is 10.0. The molecular weight excluding hydrogens is 643 g/mol. The zero-order chi connectivity index (χ0) is 33.5. The second-order valence-electron chi connectivity index (χ2n) is 12.9. The van der Waals surface area contributed by atoms with E-state index in [0.29, 0.717) is 17.5 Å². The van der Waals surface area contributed by atoms with Gasteiger partial charge >= 0.3 is 0 Å². The standard InChI is InChI=1S/C45H27N5S/c1-2-13-29(14-3-1)42-46-43(48-44(47-42)33-18-10-15-28-12-4-5-16-32(28)33)30-24-26-31(27-25-30)49-36-20-7-6-17-34(36)40-35-19-11-23-39-41(35)50(45(40)49)37-21-8-9-22-38(37)51-39/h1-27H. The number of nitrogens with zero attached hydrogens (tertiary/aromatic N) is 5. The van der Waals surface area contributed by atoms with Gasteiger partial charge in [0.05, 0.1) is 16.7 Å². The molecule has 0 aliphatic carbocycles. The van der Waals surface area contributed by atoms with Gasteiger partial charge in [-0.25, -0.2) is 15.0 Å². The molecule has 7 aromatic carbocycles. The summed E-state index contributed by atoms with van der Waals surface area (Å²) in [6, 6.07) is 57.7. The van der Waals surface area contributed by atoms with Crippen LogP contribution in [-0.2, 0) is 0 Å². The van der Waals surface area contributed by atoms with Crippen LogP contribution in [0.25, 0.3) is 89.2 Å². The van der Waals surface area contributed by atoms with Crippen LogP contribution in [-0.4, -0.2) is 24.1 Å². The monoisotopic (exact) mass is 669 g/mol. The lowest BCUT2D eigenvalue weighted by Crippen LogP contribution is -2.05. The third kappa shape index (κ3) is 4.27. The molecule has 0 fully saturated rings. The molecule has 0 atom stereocenters. The molecule has 11 rings (SSSR count). The number of fused-ring (bicyclic) bond motifs is 8. The summed E-state index contributed by atoms with van der Waals surface area (Å²) in [6.07, 6.45) is 0. The van der Waals surface area contributed by atoms with E-state index >= 15 is 0 Å². The molecule has 0 saturated carbocycles. The topological polar surface area (TPSA) is 48.5 Å². The maximum absolute atomic E-state index is 5.10. The lowest BCUT2D eigenvalue weighted by Gasteiger charge is -2.21. The average Bonchev–Trinajstić information content (AvgIpc) is 3.72. The van der Waals surface area contributed by atoms with Gasteiger partial charge in [0.1, 0.15) is 5.65 Å². The van der Waals surface area contributed by atoms with Gasteiger partial charge in [-0.2, -0.15) is 0 Å². The van der Waals surface area contributed by atoms with Crippen molar-refractivity contribution in [3.8, 4) is 45.5 Å². The minimum Gasteiger partial charge on any atom is -0.295 e. The van der Waals surface area contributed by atoms with E-state index < -0.39 is 0 Å². The molecule has 0 N–H and O–H groups in total. The van der Waals surface area contributed by atoms with Crippen LogP contribution < -0.4 is 0 Å². The van der Waals surface area contributed by atoms with Crippen molar-refractivity contribution in [2.45, 2.75) is 9.79 Å². The van der Waals surface area contributed by atoms with Crippen molar-refractivity contribution in [2.75, 3.05) is 0 Å². The van der Waals surface area contributed by atoms with Crippen LogP contribution >= 0.6 is 11.8 Å². The van der Waals surface area contributed by atoms with Gasteiger partial charge in [-0.1, -0.05) is 127 Å². The Hall–Kier alpha value is -6.50. The first-order chi connectivity index (χ1) is 25.3. The van der Waals surface area contributed by atoms with Gasteiger partial charge in [0.15, 0.2) is 17.5 Å². The summed E-state index contributed by atoms with van der Waals surface area (Å²) in [4.78, 5) is 17.7.